The number of hydrogen-bond acceptors (Lipinski definition) is 2. The fourth-order valence-electron chi connectivity index (χ4n) is 1.80. The Morgan fingerprint density at radius 1 is 1.31 bits per heavy atom. The third kappa shape index (κ3) is 1.82. The van der Waals surface area contributed by atoms with Gasteiger partial charge in [-0.1, -0.05) is 6.07 Å². The molecule has 0 saturated carbocycles. The smallest absolute Gasteiger partial charge is 0.126 e. The summed E-state index contributed by atoms with van der Waals surface area (Å²) in [4.78, 5) is 4.58. The van der Waals surface area contributed by atoms with Gasteiger partial charge in [0.05, 0.1) is 0 Å². The number of hydrogen-bond donors (Lipinski definition) is 1. The van der Waals surface area contributed by atoms with E-state index in [-0.39, 0.29) is 0 Å². The van der Waals surface area contributed by atoms with Gasteiger partial charge in [0, 0.05) is 11.7 Å². The summed E-state index contributed by atoms with van der Waals surface area (Å²) in [6.07, 6.45) is 3.64. The summed E-state index contributed by atoms with van der Waals surface area (Å²) in [5.74, 6) is 1.02. The van der Waals surface area contributed by atoms with Crippen LogP contribution >= 0.6 is 0 Å². The number of nitrogens with one attached hydrogen (secondary N) is 1. The van der Waals surface area contributed by atoms with Gasteiger partial charge in [-0.2, -0.15) is 0 Å². The van der Waals surface area contributed by atoms with Crippen LogP contribution in [-0.4, -0.2) is 11.0 Å². The molecule has 0 radical (unpaired) electrons. The molecular weight excluding hydrogens is 160 g/mol. The van der Waals surface area contributed by atoms with Gasteiger partial charge in [0.2, 0.25) is 0 Å². The average Bonchev–Trinajstić information content (AvgIpc) is 2.49. The van der Waals surface area contributed by atoms with Crippen LogP contribution in [0.25, 0.3) is 0 Å². The molecule has 0 saturated heterocycles. The normalized spacial score (nSPS) is 14.7. The molecule has 0 aromatic carbocycles. The Morgan fingerprint density at radius 2 is 2.15 bits per heavy atom. The van der Waals surface area contributed by atoms with Crippen molar-refractivity contribution in [2.24, 2.45) is 0 Å². The minimum atomic E-state index is 0.465. The lowest BCUT2D eigenvalue weighted by Gasteiger charge is -2.09. The van der Waals surface area contributed by atoms with Gasteiger partial charge in [0.1, 0.15) is 5.82 Å². The number of aromatic nitrogens is 1. The van der Waals surface area contributed by atoms with E-state index >= 15 is 0 Å². The minimum Gasteiger partial charge on any atom is -0.368 e. The topological polar surface area (TPSA) is 24.9 Å². The summed E-state index contributed by atoms with van der Waals surface area (Å²) in [6.45, 7) is 4.27. The lowest BCUT2D eigenvalue weighted by Crippen LogP contribution is -2.11. The van der Waals surface area contributed by atoms with Crippen molar-refractivity contribution in [2.75, 3.05) is 5.32 Å². The Labute approximate surface area is 79.4 Å². The quantitative estimate of drug-likeness (QED) is 0.748. The van der Waals surface area contributed by atoms with E-state index in [0.717, 1.165) is 12.2 Å². The summed E-state index contributed by atoms with van der Waals surface area (Å²) >= 11 is 0. The number of aryl methyl sites for hydroxylation is 2. The van der Waals surface area contributed by atoms with Crippen molar-refractivity contribution in [3.05, 3.63) is 23.4 Å². The molecule has 1 aliphatic rings. The van der Waals surface area contributed by atoms with E-state index in [0.29, 0.717) is 6.04 Å². The van der Waals surface area contributed by atoms with Crippen molar-refractivity contribution in [3.63, 3.8) is 0 Å². The van der Waals surface area contributed by atoms with Crippen LogP contribution in [0.1, 0.15) is 31.5 Å². The number of nitrogens with zero attached hydrogens (tertiary/aromatic N) is 1. The van der Waals surface area contributed by atoms with Crippen LogP contribution in [0.15, 0.2) is 12.1 Å². The Kier molecular flexibility index (Phi) is 2.21. The maximum absolute atomic E-state index is 4.58. The van der Waals surface area contributed by atoms with Gasteiger partial charge in [-0.15, -0.1) is 0 Å². The van der Waals surface area contributed by atoms with Gasteiger partial charge < -0.3 is 5.32 Å². The van der Waals surface area contributed by atoms with Crippen molar-refractivity contribution >= 4 is 5.82 Å². The molecule has 0 atom stereocenters. The van der Waals surface area contributed by atoms with Crippen LogP contribution < -0.4 is 5.32 Å². The monoisotopic (exact) mass is 176 g/mol. The van der Waals surface area contributed by atoms with Crippen LogP contribution in [0.5, 0.6) is 0 Å². The summed E-state index contributed by atoms with van der Waals surface area (Å²) in [5.41, 5.74) is 2.74. The van der Waals surface area contributed by atoms with Crippen molar-refractivity contribution in [1.29, 1.82) is 0 Å². The maximum atomic E-state index is 4.58. The van der Waals surface area contributed by atoms with E-state index in [9.17, 15) is 0 Å². The lowest BCUT2D eigenvalue weighted by atomic mass is 10.2. The highest BCUT2D eigenvalue weighted by molar-refractivity contribution is 5.40. The maximum Gasteiger partial charge on any atom is 0.126 e. The van der Waals surface area contributed by atoms with Gasteiger partial charge in [0.25, 0.3) is 0 Å². The predicted octanol–water partition coefficient (Wildman–Crippen LogP) is 2.39. The third-order valence-electron chi connectivity index (χ3n) is 2.36. The van der Waals surface area contributed by atoms with Crippen LogP contribution in [0.2, 0.25) is 0 Å². The molecular formula is C11H16N2. The van der Waals surface area contributed by atoms with E-state index in [4.69, 9.17) is 0 Å². The summed E-state index contributed by atoms with van der Waals surface area (Å²) < 4.78 is 0. The van der Waals surface area contributed by atoms with Crippen molar-refractivity contribution < 1.29 is 0 Å². The molecule has 1 N–H and O–H groups in total. The number of anilines is 1. The van der Waals surface area contributed by atoms with Gasteiger partial charge in [-0.25, -0.2) is 4.98 Å². The van der Waals surface area contributed by atoms with E-state index in [1.807, 2.05) is 0 Å². The molecule has 1 aromatic heterocycles. The van der Waals surface area contributed by atoms with E-state index in [1.165, 1.54) is 24.1 Å². The Morgan fingerprint density at radius 3 is 2.92 bits per heavy atom. The summed E-state index contributed by atoms with van der Waals surface area (Å²) in [7, 11) is 0. The molecule has 0 amide bonds. The van der Waals surface area contributed by atoms with Gasteiger partial charge in [-0.3, -0.25) is 0 Å². The van der Waals surface area contributed by atoms with Crippen LogP contribution in [0.4, 0.5) is 5.82 Å². The molecule has 0 spiro atoms. The zero-order valence-electron chi connectivity index (χ0n) is 8.30. The molecule has 13 heavy (non-hydrogen) atoms. The number of fused-ring (bicyclic) bond motifs is 1. The first kappa shape index (κ1) is 8.54. The molecule has 2 rings (SSSR count). The number of rotatable bonds is 2. The molecule has 2 nitrogen and oxygen atoms in total. The minimum absolute atomic E-state index is 0.465. The first-order valence-corrected chi connectivity index (χ1v) is 5.01. The van der Waals surface area contributed by atoms with Crippen molar-refractivity contribution in [3.8, 4) is 0 Å². The van der Waals surface area contributed by atoms with Gasteiger partial charge in [-0.05, 0) is 44.7 Å². The largest absolute Gasteiger partial charge is 0.368 e. The lowest BCUT2D eigenvalue weighted by molar-refractivity contribution is 0.877. The molecule has 70 valence electrons. The third-order valence-corrected chi connectivity index (χ3v) is 2.36. The van der Waals surface area contributed by atoms with Crippen LogP contribution in [0.3, 0.4) is 0 Å². The first-order valence-electron chi connectivity index (χ1n) is 5.01. The first-order chi connectivity index (χ1) is 6.25. The summed E-state index contributed by atoms with van der Waals surface area (Å²) in [6, 6.07) is 4.76. The second kappa shape index (κ2) is 3.36. The van der Waals surface area contributed by atoms with Gasteiger partial charge in [0.15, 0.2) is 0 Å². The molecule has 0 unspecified atom stereocenters. The van der Waals surface area contributed by atoms with Crippen molar-refractivity contribution in [2.45, 2.75) is 39.2 Å². The van der Waals surface area contributed by atoms with E-state index in [2.05, 4.69) is 36.3 Å². The standard InChI is InChI=1S/C11H16N2/c1-8(2)12-11-7-6-9-4-3-5-10(9)13-11/h6-8H,3-5H2,1-2H3,(H,12,13). The van der Waals surface area contributed by atoms with E-state index in [1.54, 1.807) is 0 Å². The van der Waals surface area contributed by atoms with Gasteiger partial charge >= 0.3 is 0 Å². The molecule has 1 aromatic rings. The molecule has 2 heteroatoms. The zero-order chi connectivity index (χ0) is 9.26. The van der Waals surface area contributed by atoms with Crippen molar-refractivity contribution in [1.82, 2.24) is 4.98 Å². The van der Waals surface area contributed by atoms with Crippen LogP contribution in [0, 0.1) is 0 Å². The summed E-state index contributed by atoms with van der Waals surface area (Å²) in [5, 5.41) is 3.32. The Bertz CT molecular complexity index is 305. The molecule has 0 bridgehead atoms. The van der Waals surface area contributed by atoms with Crippen LogP contribution in [-0.2, 0) is 12.8 Å². The highest BCUT2D eigenvalue weighted by Gasteiger charge is 2.12. The molecule has 1 aliphatic carbocycles. The average molecular weight is 176 g/mol. The molecule has 1 heterocycles. The highest BCUT2D eigenvalue weighted by Crippen LogP contribution is 2.21. The zero-order valence-corrected chi connectivity index (χ0v) is 8.30. The fourth-order valence-corrected chi connectivity index (χ4v) is 1.80. The highest BCUT2D eigenvalue weighted by atomic mass is 15.0. The molecule has 0 fully saturated rings. The SMILES string of the molecule is CC(C)Nc1ccc2c(n1)CCC2. The number of pyridine rings is 1. The van der Waals surface area contributed by atoms with E-state index < -0.39 is 0 Å². The Balaban J connectivity index is 2.21. The predicted molar refractivity (Wildman–Crippen MR) is 55.0 cm³/mol. The Hall–Kier alpha value is -1.05. The second-order valence-electron chi connectivity index (χ2n) is 3.95. The molecule has 0 aliphatic heterocycles. The fraction of sp³-hybridized carbons (Fsp3) is 0.545. The second-order valence-corrected chi connectivity index (χ2v) is 3.95.